The monoisotopic (exact) mass is 577 g/mol. The summed E-state index contributed by atoms with van der Waals surface area (Å²) in [5.74, 6) is -2.47. The minimum absolute atomic E-state index is 0.116. The molecule has 3 amide bonds. The zero-order valence-corrected chi connectivity index (χ0v) is 23.5. The third-order valence-electron chi connectivity index (χ3n) is 8.22. The van der Waals surface area contributed by atoms with Crippen LogP contribution in [0.1, 0.15) is 65.0 Å². The van der Waals surface area contributed by atoms with Crippen molar-refractivity contribution in [1.29, 1.82) is 0 Å². The fourth-order valence-corrected chi connectivity index (χ4v) is 6.03. The fourth-order valence-electron chi connectivity index (χ4n) is 6.03. The van der Waals surface area contributed by atoms with Crippen LogP contribution in [0.3, 0.4) is 0 Å². The van der Waals surface area contributed by atoms with E-state index in [0.29, 0.717) is 30.3 Å². The van der Waals surface area contributed by atoms with Crippen molar-refractivity contribution in [2.24, 2.45) is 0 Å². The van der Waals surface area contributed by atoms with E-state index in [0.717, 1.165) is 11.1 Å². The number of nitrogens with zero attached hydrogens (tertiary/aromatic N) is 2. The first kappa shape index (κ1) is 29.8. The van der Waals surface area contributed by atoms with Crippen LogP contribution in [-0.2, 0) is 32.1 Å². The Morgan fingerprint density at radius 3 is 2.21 bits per heavy atom. The van der Waals surface area contributed by atoms with Crippen molar-refractivity contribution in [3.05, 3.63) is 58.7 Å². The van der Waals surface area contributed by atoms with Crippen LogP contribution in [0.15, 0.2) is 36.4 Å². The van der Waals surface area contributed by atoms with E-state index in [1.807, 2.05) is 0 Å². The molecule has 0 radical (unpaired) electrons. The van der Waals surface area contributed by atoms with Crippen molar-refractivity contribution in [1.82, 2.24) is 15.1 Å². The minimum atomic E-state index is -1.16. The smallest absolute Gasteiger partial charge is 0.481 e. The number of likely N-dealkylation sites (N-methyl/N-ethyl adjacent to an activating group) is 1. The summed E-state index contributed by atoms with van der Waals surface area (Å²) in [6, 6.07) is 7.13. The number of amides is 3. The minimum Gasteiger partial charge on any atom is -0.481 e. The predicted molar refractivity (Wildman–Crippen MR) is 152 cm³/mol. The van der Waals surface area contributed by atoms with Gasteiger partial charge in [0.05, 0.1) is 25.7 Å². The quantitative estimate of drug-likeness (QED) is 0.280. The molecule has 0 saturated carbocycles. The Bertz CT molecular complexity index is 1410. The Morgan fingerprint density at radius 1 is 1.02 bits per heavy atom. The van der Waals surface area contributed by atoms with Gasteiger partial charge in [0.25, 0.3) is 11.8 Å². The maximum atomic E-state index is 14.1. The highest BCUT2D eigenvalue weighted by atomic mass is 16.5. The highest BCUT2D eigenvalue weighted by molar-refractivity contribution is 6.62. The zero-order valence-electron chi connectivity index (χ0n) is 23.5. The standard InChI is InChI=1S/C28H33B2N3O9/c1-3-32(27(37)18-7-9-20-15-42-30(40)23(20)12-18)25(28(38)33-10-4-5-21(33)13-24(34)35)16(2)31-26(36)17-6-8-19-14-41-29(39)22(19)11-17/h6-9,11-12,16,21,25,39-40H,3-5,10,13-15H2,1-2H3,(H,31,36)(H,34,35)/t16-,21-,25-/m0/s1. The van der Waals surface area contributed by atoms with Crippen molar-refractivity contribution < 1.29 is 43.6 Å². The van der Waals surface area contributed by atoms with Gasteiger partial charge < -0.3 is 39.6 Å². The molecule has 12 nitrogen and oxygen atoms in total. The molecule has 0 unspecified atom stereocenters. The molecule has 2 aromatic rings. The van der Waals surface area contributed by atoms with Gasteiger partial charge in [0.1, 0.15) is 6.04 Å². The number of likely N-dealkylation sites (tertiary alicyclic amines) is 1. The molecule has 1 fully saturated rings. The van der Waals surface area contributed by atoms with Gasteiger partial charge in [-0.25, -0.2) is 0 Å². The van der Waals surface area contributed by atoms with E-state index in [-0.39, 0.29) is 37.3 Å². The van der Waals surface area contributed by atoms with E-state index in [1.54, 1.807) is 44.2 Å². The molecule has 0 spiro atoms. The molecular formula is C28H33B2N3O9. The lowest BCUT2D eigenvalue weighted by Gasteiger charge is -2.38. The van der Waals surface area contributed by atoms with Gasteiger partial charge in [-0.3, -0.25) is 19.2 Å². The average molecular weight is 577 g/mol. The third kappa shape index (κ3) is 5.80. The van der Waals surface area contributed by atoms with E-state index in [4.69, 9.17) is 9.31 Å². The Kier molecular flexibility index (Phi) is 8.69. The number of hydrogen-bond donors (Lipinski definition) is 4. The van der Waals surface area contributed by atoms with Crippen LogP contribution < -0.4 is 16.2 Å². The summed E-state index contributed by atoms with van der Waals surface area (Å²) in [6.45, 7) is 4.26. The largest absolute Gasteiger partial charge is 0.491 e. The highest BCUT2D eigenvalue weighted by Gasteiger charge is 2.42. The van der Waals surface area contributed by atoms with Crippen molar-refractivity contribution in [2.45, 2.75) is 64.4 Å². The molecule has 220 valence electrons. The molecule has 3 heterocycles. The van der Waals surface area contributed by atoms with Crippen LogP contribution in [0, 0.1) is 0 Å². The average Bonchev–Trinajstić information content (AvgIpc) is 3.69. The lowest BCUT2D eigenvalue weighted by molar-refractivity contribution is -0.142. The number of nitrogens with one attached hydrogen (secondary N) is 1. The molecule has 3 aliphatic heterocycles. The van der Waals surface area contributed by atoms with E-state index < -0.39 is 56.1 Å². The summed E-state index contributed by atoms with van der Waals surface area (Å²) >= 11 is 0. The number of hydrogen-bond acceptors (Lipinski definition) is 8. The van der Waals surface area contributed by atoms with E-state index in [2.05, 4.69) is 5.32 Å². The molecule has 5 rings (SSSR count). The number of carboxylic acids is 1. The van der Waals surface area contributed by atoms with E-state index in [9.17, 15) is 34.3 Å². The van der Waals surface area contributed by atoms with Gasteiger partial charge in [0.2, 0.25) is 5.91 Å². The maximum Gasteiger partial charge on any atom is 0.491 e. The second-order valence-electron chi connectivity index (χ2n) is 10.9. The first-order chi connectivity index (χ1) is 20.1. The zero-order chi connectivity index (χ0) is 30.1. The number of carboxylic acid groups (broad SMARTS) is 1. The molecule has 14 heteroatoms. The topological polar surface area (TPSA) is 166 Å². The Hall–Kier alpha value is -3.71. The van der Waals surface area contributed by atoms with Gasteiger partial charge in [-0.1, -0.05) is 12.1 Å². The highest BCUT2D eigenvalue weighted by Crippen LogP contribution is 2.25. The third-order valence-corrected chi connectivity index (χ3v) is 8.22. The van der Waals surface area contributed by atoms with E-state index in [1.165, 1.54) is 15.9 Å². The first-order valence-electron chi connectivity index (χ1n) is 14.1. The number of benzene rings is 2. The van der Waals surface area contributed by atoms with Gasteiger partial charge in [0, 0.05) is 30.3 Å². The summed E-state index contributed by atoms with van der Waals surface area (Å²) in [6.07, 6.45) is 0.925. The van der Waals surface area contributed by atoms with Crippen LogP contribution in [0.4, 0.5) is 0 Å². The number of aliphatic carboxylic acids is 1. The van der Waals surface area contributed by atoms with Crippen LogP contribution >= 0.6 is 0 Å². The molecular weight excluding hydrogens is 544 g/mol. The van der Waals surface area contributed by atoms with Crippen molar-refractivity contribution in [3.8, 4) is 0 Å². The summed E-state index contributed by atoms with van der Waals surface area (Å²) in [4.78, 5) is 55.8. The first-order valence-corrected chi connectivity index (χ1v) is 14.1. The maximum absolute atomic E-state index is 14.1. The van der Waals surface area contributed by atoms with Gasteiger partial charge in [-0.2, -0.15) is 0 Å². The number of fused-ring (bicyclic) bond motifs is 2. The van der Waals surface area contributed by atoms with Gasteiger partial charge in [0.15, 0.2) is 0 Å². The second-order valence-corrected chi connectivity index (χ2v) is 10.9. The number of rotatable bonds is 9. The molecule has 3 aliphatic rings. The van der Waals surface area contributed by atoms with Crippen LogP contribution in [0.25, 0.3) is 0 Å². The normalized spacial score (nSPS) is 18.9. The molecule has 0 aromatic heterocycles. The molecule has 4 N–H and O–H groups in total. The van der Waals surface area contributed by atoms with Gasteiger partial charge in [-0.05, 0) is 73.0 Å². The Morgan fingerprint density at radius 2 is 1.62 bits per heavy atom. The summed E-state index contributed by atoms with van der Waals surface area (Å²) in [5.41, 5.74) is 2.99. The lowest BCUT2D eigenvalue weighted by atomic mass is 9.78. The molecule has 0 aliphatic carbocycles. The molecule has 3 atom stereocenters. The SMILES string of the molecule is CCN(C(=O)c1ccc2c(c1)B(O)OC2)[C@H](C(=O)N1CCC[C@H]1CC(=O)O)[C@H](C)NC(=O)c1ccc2c(c1)B(O)OC2. The Balaban J connectivity index is 1.45. The summed E-state index contributed by atoms with van der Waals surface area (Å²) in [5, 5.41) is 32.5. The molecule has 2 aromatic carbocycles. The number of carbonyl (C=O) groups is 4. The van der Waals surface area contributed by atoms with Gasteiger partial charge in [-0.15, -0.1) is 0 Å². The summed E-state index contributed by atoms with van der Waals surface area (Å²) < 4.78 is 10.5. The van der Waals surface area contributed by atoms with Crippen molar-refractivity contribution in [3.63, 3.8) is 0 Å². The van der Waals surface area contributed by atoms with Crippen molar-refractivity contribution >= 4 is 48.9 Å². The molecule has 42 heavy (non-hydrogen) atoms. The van der Waals surface area contributed by atoms with Gasteiger partial charge >= 0.3 is 20.2 Å². The number of carbonyl (C=O) groups excluding carboxylic acids is 3. The summed E-state index contributed by atoms with van der Waals surface area (Å²) in [7, 11) is -2.29. The van der Waals surface area contributed by atoms with Crippen LogP contribution in [-0.4, -0.2) is 94.1 Å². The van der Waals surface area contributed by atoms with Crippen LogP contribution in [0.2, 0.25) is 0 Å². The molecule has 1 saturated heterocycles. The Labute approximate surface area is 243 Å². The van der Waals surface area contributed by atoms with Crippen LogP contribution in [0.5, 0.6) is 0 Å². The van der Waals surface area contributed by atoms with E-state index >= 15 is 0 Å². The predicted octanol–water partition coefficient (Wildman–Crippen LogP) is -0.763. The fraction of sp³-hybridized carbons (Fsp3) is 0.429. The van der Waals surface area contributed by atoms with Crippen molar-refractivity contribution in [2.75, 3.05) is 13.1 Å². The molecule has 0 bridgehead atoms. The second kappa shape index (κ2) is 12.3. The lowest BCUT2D eigenvalue weighted by Crippen LogP contribution is -2.60.